The summed E-state index contributed by atoms with van der Waals surface area (Å²) in [7, 11) is 0. The second-order valence-electron chi connectivity index (χ2n) is 6.73. The zero-order chi connectivity index (χ0) is 17.7. The van der Waals surface area contributed by atoms with E-state index in [2.05, 4.69) is 46.4 Å². The number of nitrogens with one attached hydrogen (secondary N) is 1. The fraction of sp³-hybridized carbons (Fsp3) is 0.600. The van der Waals surface area contributed by atoms with Gasteiger partial charge in [0, 0.05) is 11.8 Å². The molecule has 5 heteroatoms. The lowest BCUT2D eigenvalue weighted by Gasteiger charge is -2.10. The van der Waals surface area contributed by atoms with E-state index in [0.717, 1.165) is 23.8 Å². The third-order valence-electron chi connectivity index (χ3n) is 4.47. The molecule has 0 fully saturated rings. The maximum atomic E-state index is 6.20. The van der Waals surface area contributed by atoms with Crippen molar-refractivity contribution in [2.75, 3.05) is 5.75 Å². The molecule has 1 heterocycles. The fourth-order valence-electron chi connectivity index (χ4n) is 2.87. The molecule has 25 heavy (non-hydrogen) atoms. The first-order chi connectivity index (χ1) is 12.3. The summed E-state index contributed by atoms with van der Waals surface area (Å²) in [5, 5.41) is 7.53. The number of aromatic nitrogens is 3. The van der Waals surface area contributed by atoms with Gasteiger partial charge in [-0.25, -0.2) is 4.98 Å². The predicted molar refractivity (Wildman–Crippen MR) is 107 cm³/mol. The Morgan fingerprint density at radius 1 is 1.00 bits per heavy atom. The van der Waals surface area contributed by atoms with Crippen LogP contribution in [0.5, 0.6) is 0 Å². The lowest BCUT2D eigenvalue weighted by molar-refractivity contribution is 0.607. The van der Waals surface area contributed by atoms with Crippen molar-refractivity contribution < 1.29 is 0 Å². The molecule has 0 saturated heterocycles. The zero-order valence-corrected chi connectivity index (χ0v) is 16.2. The molecule has 3 N–H and O–H groups in total. The number of thioether (sulfide) groups is 1. The van der Waals surface area contributed by atoms with Gasteiger partial charge in [-0.3, -0.25) is 5.10 Å². The summed E-state index contributed by atoms with van der Waals surface area (Å²) in [6.07, 6.45) is 13.0. The number of aryl methyl sites for hydroxylation is 2. The van der Waals surface area contributed by atoms with E-state index >= 15 is 0 Å². The highest BCUT2D eigenvalue weighted by atomic mass is 32.2. The number of nitrogens with zero attached hydrogens (tertiary/aromatic N) is 2. The smallest absolute Gasteiger partial charge is 0.208 e. The van der Waals surface area contributed by atoms with E-state index in [1.54, 1.807) is 18.1 Å². The lowest BCUT2D eigenvalue weighted by Crippen LogP contribution is -2.23. The number of H-pyrrole nitrogens is 1. The number of hydrogen-bond acceptors (Lipinski definition) is 4. The molecular formula is C20H32N4S. The topological polar surface area (TPSA) is 67.6 Å². The minimum absolute atomic E-state index is 0.172. The van der Waals surface area contributed by atoms with Crippen LogP contribution in [0.4, 0.5) is 0 Å². The van der Waals surface area contributed by atoms with Gasteiger partial charge >= 0.3 is 0 Å². The van der Waals surface area contributed by atoms with E-state index in [-0.39, 0.29) is 6.04 Å². The third-order valence-corrected chi connectivity index (χ3v) is 5.51. The molecule has 0 radical (unpaired) electrons. The van der Waals surface area contributed by atoms with Crippen LogP contribution in [-0.4, -0.2) is 27.0 Å². The minimum atomic E-state index is 0.172. The summed E-state index contributed by atoms with van der Waals surface area (Å²) in [6, 6.07) is 9.28. The van der Waals surface area contributed by atoms with E-state index in [9.17, 15) is 0 Å². The molecule has 0 saturated carbocycles. The van der Waals surface area contributed by atoms with Crippen molar-refractivity contribution in [2.45, 2.75) is 75.9 Å². The second-order valence-corrected chi connectivity index (χ2v) is 7.71. The Morgan fingerprint density at radius 3 is 2.36 bits per heavy atom. The van der Waals surface area contributed by atoms with Gasteiger partial charge in [-0.1, -0.05) is 75.1 Å². The van der Waals surface area contributed by atoms with Crippen molar-refractivity contribution >= 4 is 11.8 Å². The first-order valence-corrected chi connectivity index (χ1v) is 10.6. The Kier molecular flexibility index (Phi) is 9.67. The maximum absolute atomic E-state index is 6.20. The van der Waals surface area contributed by atoms with Gasteiger partial charge in [0.25, 0.3) is 0 Å². The van der Waals surface area contributed by atoms with Gasteiger partial charge in [0.1, 0.15) is 6.33 Å². The molecule has 138 valence electrons. The van der Waals surface area contributed by atoms with Gasteiger partial charge < -0.3 is 5.73 Å². The molecule has 0 aliphatic rings. The molecule has 2 aromatic rings. The first kappa shape index (κ1) is 20.0. The van der Waals surface area contributed by atoms with Gasteiger partial charge in [-0.15, -0.1) is 5.10 Å². The standard InChI is InChI=1S/C20H32N4S/c1-2-3-4-5-6-7-8-17-9-11-18(12-10-17)13-14-19(21)15-25-20-22-16-23-24-20/h9-12,16,19H,2-8,13-15,21H2,1H3,(H,22,23,24). The van der Waals surface area contributed by atoms with Gasteiger partial charge in [-0.2, -0.15) is 0 Å². The van der Waals surface area contributed by atoms with E-state index in [4.69, 9.17) is 5.73 Å². The molecule has 4 nitrogen and oxygen atoms in total. The van der Waals surface area contributed by atoms with E-state index in [1.165, 1.54) is 56.1 Å². The van der Waals surface area contributed by atoms with Crippen LogP contribution in [0.15, 0.2) is 35.7 Å². The largest absolute Gasteiger partial charge is 0.327 e. The molecule has 1 aromatic carbocycles. The highest BCUT2D eigenvalue weighted by molar-refractivity contribution is 7.99. The molecule has 1 atom stereocenters. The molecule has 0 aliphatic heterocycles. The van der Waals surface area contributed by atoms with Crippen LogP contribution in [0.2, 0.25) is 0 Å². The number of aromatic amines is 1. The Morgan fingerprint density at radius 2 is 1.68 bits per heavy atom. The van der Waals surface area contributed by atoms with Gasteiger partial charge in [0.15, 0.2) is 0 Å². The summed E-state index contributed by atoms with van der Waals surface area (Å²) < 4.78 is 0. The molecule has 0 spiro atoms. The molecule has 0 amide bonds. The monoisotopic (exact) mass is 360 g/mol. The average molecular weight is 361 g/mol. The molecular weight excluding hydrogens is 328 g/mol. The summed E-state index contributed by atoms with van der Waals surface area (Å²) in [4.78, 5) is 4.10. The number of nitrogens with two attached hydrogens (primary N) is 1. The van der Waals surface area contributed by atoms with Gasteiger partial charge in [0.2, 0.25) is 5.16 Å². The molecule has 2 rings (SSSR count). The van der Waals surface area contributed by atoms with Gasteiger partial charge in [0.05, 0.1) is 0 Å². The third kappa shape index (κ3) is 8.54. The minimum Gasteiger partial charge on any atom is -0.327 e. The summed E-state index contributed by atoms with van der Waals surface area (Å²) in [6.45, 7) is 2.27. The van der Waals surface area contributed by atoms with Crippen LogP contribution in [-0.2, 0) is 12.8 Å². The van der Waals surface area contributed by atoms with Crippen molar-refractivity contribution in [1.29, 1.82) is 0 Å². The molecule has 1 aromatic heterocycles. The SMILES string of the molecule is CCCCCCCCc1ccc(CCC(N)CSc2nc[nH]n2)cc1. The van der Waals surface area contributed by atoms with Crippen LogP contribution < -0.4 is 5.73 Å². The lowest BCUT2D eigenvalue weighted by atomic mass is 10.0. The van der Waals surface area contributed by atoms with Crippen molar-refractivity contribution in [1.82, 2.24) is 15.2 Å². The molecule has 1 unspecified atom stereocenters. The summed E-state index contributed by atoms with van der Waals surface area (Å²) >= 11 is 1.61. The Bertz CT molecular complexity index is 554. The summed E-state index contributed by atoms with van der Waals surface area (Å²) in [5.74, 6) is 0.855. The first-order valence-electron chi connectivity index (χ1n) is 9.60. The zero-order valence-electron chi connectivity index (χ0n) is 15.4. The highest BCUT2D eigenvalue weighted by Gasteiger charge is 2.06. The van der Waals surface area contributed by atoms with E-state index in [1.807, 2.05) is 0 Å². The van der Waals surface area contributed by atoms with E-state index < -0.39 is 0 Å². The molecule has 0 bridgehead atoms. The van der Waals surface area contributed by atoms with E-state index in [0.29, 0.717) is 0 Å². The molecule has 0 aliphatic carbocycles. The van der Waals surface area contributed by atoms with Crippen LogP contribution in [0.3, 0.4) is 0 Å². The Labute approximate surface area is 156 Å². The van der Waals surface area contributed by atoms with Crippen molar-refractivity contribution in [2.24, 2.45) is 5.73 Å². The number of hydrogen-bond donors (Lipinski definition) is 2. The highest BCUT2D eigenvalue weighted by Crippen LogP contribution is 2.15. The fourth-order valence-corrected chi connectivity index (χ4v) is 3.64. The normalized spacial score (nSPS) is 12.4. The number of benzene rings is 1. The number of rotatable bonds is 13. The Hall–Kier alpha value is -1.33. The maximum Gasteiger partial charge on any atom is 0.208 e. The van der Waals surface area contributed by atoms with Crippen molar-refractivity contribution in [3.8, 4) is 0 Å². The van der Waals surface area contributed by atoms with Crippen LogP contribution in [0, 0.1) is 0 Å². The van der Waals surface area contributed by atoms with Crippen molar-refractivity contribution in [3.05, 3.63) is 41.7 Å². The number of unbranched alkanes of at least 4 members (excludes halogenated alkanes) is 5. The summed E-state index contributed by atoms with van der Waals surface area (Å²) in [5.41, 5.74) is 9.04. The Balaban J connectivity index is 1.59. The average Bonchev–Trinajstić information content (AvgIpc) is 3.16. The van der Waals surface area contributed by atoms with Gasteiger partial charge in [-0.05, 0) is 36.8 Å². The quantitative estimate of drug-likeness (QED) is 0.399. The second kappa shape index (κ2) is 12.1. The van der Waals surface area contributed by atoms with Crippen molar-refractivity contribution in [3.63, 3.8) is 0 Å². The van der Waals surface area contributed by atoms with Crippen LogP contribution >= 0.6 is 11.8 Å². The van der Waals surface area contributed by atoms with Crippen LogP contribution in [0.25, 0.3) is 0 Å². The van der Waals surface area contributed by atoms with Crippen LogP contribution in [0.1, 0.15) is 63.0 Å². The predicted octanol–water partition coefficient (Wildman–Crippen LogP) is 4.76.